The molecule has 3 aromatic rings. The number of hydrogen-bond acceptors (Lipinski definition) is 7. The highest BCUT2D eigenvalue weighted by atomic mass is 16.3. The van der Waals surface area contributed by atoms with Crippen LogP contribution in [0.25, 0.3) is 16.9 Å². The van der Waals surface area contributed by atoms with Gasteiger partial charge in [0, 0.05) is 48.2 Å². The lowest BCUT2D eigenvalue weighted by atomic mass is 9.79. The summed E-state index contributed by atoms with van der Waals surface area (Å²) in [5.74, 6) is 0.701. The zero-order valence-electron chi connectivity index (χ0n) is 18.2. The zero-order valence-corrected chi connectivity index (χ0v) is 18.2. The molecule has 0 aliphatic carbocycles. The van der Waals surface area contributed by atoms with Crippen molar-refractivity contribution in [3.63, 3.8) is 0 Å². The molecular formula is C22H29N7O. The van der Waals surface area contributed by atoms with Crippen molar-refractivity contribution in [3.05, 3.63) is 42.9 Å². The summed E-state index contributed by atoms with van der Waals surface area (Å²) in [7, 11) is 2.02. The number of benzene rings is 1. The smallest absolute Gasteiger partial charge is 0.245 e. The number of phenolic OH excluding ortho intramolecular Hbond substituents is 1. The van der Waals surface area contributed by atoms with Crippen molar-refractivity contribution in [3.8, 4) is 22.7 Å². The molecule has 8 heteroatoms. The molecule has 0 unspecified atom stereocenters. The monoisotopic (exact) mass is 407 g/mol. The molecule has 0 bridgehead atoms. The molecule has 1 aliphatic heterocycles. The molecule has 1 saturated heterocycles. The van der Waals surface area contributed by atoms with Crippen molar-refractivity contribution in [2.45, 2.75) is 57.7 Å². The van der Waals surface area contributed by atoms with Gasteiger partial charge in [0.2, 0.25) is 5.95 Å². The van der Waals surface area contributed by atoms with Crippen LogP contribution in [0.5, 0.6) is 5.75 Å². The van der Waals surface area contributed by atoms with Gasteiger partial charge in [-0.1, -0.05) is 0 Å². The van der Waals surface area contributed by atoms with E-state index >= 15 is 0 Å². The van der Waals surface area contributed by atoms with E-state index in [0.717, 1.165) is 18.5 Å². The van der Waals surface area contributed by atoms with Crippen molar-refractivity contribution in [2.75, 3.05) is 11.9 Å². The molecule has 1 aromatic carbocycles. The maximum Gasteiger partial charge on any atom is 0.245 e. The van der Waals surface area contributed by atoms with Gasteiger partial charge in [-0.2, -0.15) is 5.10 Å². The number of nitrogens with one attached hydrogen (secondary N) is 1. The van der Waals surface area contributed by atoms with Crippen LogP contribution in [0, 0.1) is 0 Å². The molecule has 1 aliphatic rings. The topological polar surface area (TPSA) is 92.0 Å². The maximum atomic E-state index is 10.5. The summed E-state index contributed by atoms with van der Waals surface area (Å²) >= 11 is 0. The molecule has 2 aromatic heterocycles. The lowest BCUT2D eigenvalue weighted by Gasteiger charge is -2.48. The fourth-order valence-electron chi connectivity index (χ4n) is 4.56. The Morgan fingerprint density at radius 2 is 1.87 bits per heavy atom. The van der Waals surface area contributed by atoms with Crippen LogP contribution in [0.4, 0.5) is 5.95 Å². The maximum absolute atomic E-state index is 10.5. The van der Waals surface area contributed by atoms with E-state index in [1.54, 1.807) is 29.2 Å². The largest absolute Gasteiger partial charge is 0.507 e. The van der Waals surface area contributed by atoms with Gasteiger partial charge in [0.25, 0.3) is 0 Å². The Kier molecular flexibility index (Phi) is 4.97. The molecule has 4 rings (SSSR count). The van der Waals surface area contributed by atoms with Gasteiger partial charge in [-0.15, -0.1) is 10.2 Å². The summed E-state index contributed by atoms with van der Waals surface area (Å²) in [5, 5.41) is 27.1. The van der Waals surface area contributed by atoms with Gasteiger partial charge < -0.3 is 15.3 Å². The van der Waals surface area contributed by atoms with Gasteiger partial charge in [0.15, 0.2) is 0 Å². The van der Waals surface area contributed by atoms with E-state index in [1.165, 1.54) is 0 Å². The number of piperidine rings is 1. The lowest BCUT2D eigenvalue weighted by Crippen LogP contribution is -2.62. The van der Waals surface area contributed by atoms with Gasteiger partial charge in [-0.05, 0) is 58.7 Å². The fourth-order valence-corrected chi connectivity index (χ4v) is 4.56. The Balaban J connectivity index is 1.54. The summed E-state index contributed by atoms with van der Waals surface area (Å²) in [4.78, 5) is 6.66. The second-order valence-corrected chi connectivity index (χ2v) is 9.36. The van der Waals surface area contributed by atoms with E-state index in [0.29, 0.717) is 23.2 Å². The van der Waals surface area contributed by atoms with Crippen LogP contribution in [0.2, 0.25) is 0 Å². The second-order valence-electron chi connectivity index (χ2n) is 9.36. The summed E-state index contributed by atoms with van der Waals surface area (Å²) in [6.45, 7) is 8.92. The van der Waals surface area contributed by atoms with Crippen LogP contribution in [-0.4, -0.2) is 54.2 Å². The number of phenols is 1. The van der Waals surface area contributed by atoms with Crippen LogP contribution < -0.4 is 10.2 Å². The van der Waals surface area contributed by atoms with Crippen molar-refractivity contribution in [2.24, 2.45) is 0 Å². The van der Waals surface area contributed by atoms with E-state index < -0.39 is 0 Å². The van der Waals surface area contributed by atoms with E-state index in [-0.39, 0.29) is 16.8 Å². The highest BCUT2D eigenvalue weighted by Gasteiger charge is 2.39. The van der Waals surface area contributed by atoms with Crippen molar-refractivity contribution >= 4 is 5.95 Å². The molecule has 0 amide bonds. The summed E-state index contributed by atoms with van der Waals surface area (Å²) in [6, 6.07) is 7.48. The Labute approximate surface area is 177 Å². The Hall–Kier alpha value is -3.00. The van der Waals surface area contributed by atoms with Crippen molar-refractivity contribution < 1.29 is 5.11 Å². The second kappa shape index (κ2) is 7.36. The minimum absolute atomic E-state index is 0.0379. The van der Waals surface area contributed by atoms with Crippen LogP contribution in [0.3, 0.4) is 0 Å². The third-order valence-electron chi connectivity index (χ3n) is 5.61. The molecule has 0 radical (unpaired) electrons. The minimum atomic E-state index is 0.0379. The number of aromatic nitrogens is 5. The average Bonchev–Trinajstić information content (AvgIpc) is 3.20. The molecule has 2 N–H and O–H groups in total. The van der Waals surface area contributed by atoms with Crippen LogP contribution in [-0.2, 0) is 0 Å². The van der Waals surface area contributed by atoms with Gasteiger partial charge in [0.1, 0.15) is 11.4 Å². The first-order valence-corrected chi connectivity index (χ1v) is 10.2. The van der Waals surface area contributed by atoms with Crippen LogP contribution in [0.1, 0.15) is 40.5 Å². The van der Waals surface area contributed by atoms with E-state index in [9.17, 15) is 5.11 Å². The first-order valence-electron chi connectivity index (χ1n) is 10.2. The first kappa shape index (κ1) is 20.3. The fraction of sp³-hybridized carbons (Fsp3) is 0.455. The molecule has 158 valence electrons. The predicted octanol–water partition coefficient (Wildman–Crippen LogP) is 3.18. The molecule has 0 spiro atoms. The standard InChI is InChI=1S/C22H29N7O/c1-21(2)12-16(13-22(3,4)27-21)28(5)20-23-14-18(25-26-20)17-8-7-15(11-19(17)30)29-10-6-9-24-29/h6-11,14,16,27,30H,12-13H2,1-5H3. The minimum Gasteiger partial charge on any atom is -0.507 e. The van der Waals surface area contributed by atoms with Crippen molar-refractivity contribution in [1.29, 1.82) is 0 Å². The number of aromatic hydroxyl groups is 1. The number of rotatable bonds is 4. The van der Waals surface area contributed by atoms with Gasteiger partial charge in [-0.25, -0.2) is 9.67 Å². The first-order chi connectivity index (χ1) is 14.1. The number of anilines is 1. The zero-order chi connectivity index (χ0) is 21.5. The Bertz CT molecular complexity index is 996. The molecular weight excluding hydrogens is 378 g/mol. The Morgan fingerprint density at radius 1 is 1.13 bits per heavy atom. The molecule has 0 saturated carbocycles. The predicted molar refractivity (Wildman–Crippen MR) is 117 cm³/mol. The third kappa shape index (κ3) is 4.14. The van der Waals surface area contributed by atoms with Gasteiger partial charge >= 0.3 is 0 Å². The quantitative estimate of drug-likeness (QED) is 0.686. The average molecular weight is 408 g/mol. The van der Waals surface area contributed by atoms with Crippen LogP contribution >= 0.6 is 0 Å². The van der Waals surface area contributed by atoms with Crippen molar-refractivity contribution in [1.82, 2.24) is 30.3 Å². The lowest BCUT2D eigenvalue weighted by molar-refractivity contribution is 0.160. The molecule has 0 atom stereocenters. The third-order valence-corrected chi connectivity index (χ3v) is 5.61. The van der Waals surface area contributed by atoms with Gasteiger partial charge in [-0.3, -0.25) is 0 Å². The Morgan fingerprint density at radius 3 is 2.43 bits per heavy atom. The molecule has 1 fully saturated rings. The van der Waals surface area contributed by atoms with E-state index in [1.807, 2.05) is 25.4 Å². The van der Waals surface area contributed by atoms with Crippen LogP contribution in [0.15, 0.2) is 42.9 Å². The molecule has 8 nitrogen and oxygen atoms in total. The summed E-state index contributed by atoms with van der Waals surface area (Å²) in [6.07, 6.45) is 7.17. The normalized spacial score (nSPS) is 18.3. The number of hydrogen-bond donors (Lipinski definition) is 2. The highest BCUT2D eigenvalue weighted by molar-refractivity contribution is 5.68. The summed E-state index contributed by atoms with van der Waals surface area (Å²) in [5.41, 5.74) is 1.97. The van der Waals surface area contributed by atoms with E-state index in [2.05, 4.69) is 58.2 Å². The molecule has 30 heavy (non-hydrogen) atoms. The highest BCUT2D eigenvalue weighted by Crippen LogP contribution is 2.33. The van der Waals surface area contributed by atoms with E-state index in [4.69, 9.17) is 0 Å². The van der Waals surface area contributed by atoms with Gasteiger partial charge in [0.05, 0.1) is 11.9 Å². The number of nitrogens with zero attached hydrogens (tertiary/aromatic N) is 6. The molecule has 3 heterocycles. The SMILES string of the molecule is CN(c1ncc(-c2ccc(-n3cccn3)cc2O)nn1)C1CC(C)(C)NC(C)(C)C1. The summed E-state index contributed by atoms with van der Waals surface area (Å²) < 4.78 is 1.69.